The Hall–Kier alpha value is -0.160. The van der Waals surface area contributed by atoms with Crippen LogP contribution >= 0.6 is 0 Å². The van der Waals surface area contributed by atoms with E-state index in [1.807, 2.05) is 0 Å². The second-order valence-electron chi connectivity index (χ2n) is 3.46. The predicted molar refractivity (Wildman–Crippen MR) is 52.2 cm³/mol. The molecule has 0 bridgehead atoms. The maximum absolute atomic E-state index is 5.70. The molecule has 1 aliphatic rings. The molecule has 1 saturated heterocycles. The van der Waals surface area contributed by atoms with E-state index in [1.54, 1.807) is 14.2 Å². The maximum atomic E-state index is 5.70. The van der Waals surface area contributed by atoms with Gasteiger partial charge < -0.3 is 18.9 Å². The summed E-state index contributed by atoms with van der Waals surface area (Å²) in [5.74, 6) is 0. The minimum Gasteiger partial charge on any atom is -0.382 e. The van der Waals surface area contributed by atoms with Crippen molar-refractivity contribution in [1.82, 2.24) is 0 Å². The van der Waals surface area contributed by atoms with Gasteiger partial charge in [-0.1, -0.05) is 0 Å². The SMILES string of the molecule is COCC(COC)OC1CCCCO1. The molecule has 1 unspecified atom stereocenters. The van der Waals surface area contributed by atoms with Crippen molar-refractivity contribution in [3.63, 3.8) is 0 Å². The molecule has 84 valence electrons. The Labute approximate surface area is 85.5 Å². The molecule has 1 rings (SSSR count). The predicted octanol–water partition coefficient (Wildman–Crippen LogP) is 1.19. The highest BCUT2D eigenvalue weighted by atomic mass is 16.7. The molecule has 0 aliphatic carbocycles. The van der Waals surface area contributed by atoms with Gasteiger partial charge in [0, 0.05) is 20.8 Å². The molecule has 0 radical (unpaired) electrons. The highest BCUT2D eigenvalue weighted by Gasteiger charge is 2.19. The highest BCUT2D eigenvalue weighted by Crippen LogP contribution is 2.15. The van der Waals surface area contributed by atoms with Crippen LogP contribution in [-0.4, -0.2) is 46.4 Å². The average molecular weight is 204 g/mol. The lowest BCUT2D eigenvalue weighted by Crippen LogP contribution is -2.33. The lowest BCUT2D eigenvalue weighted by atomic mass is 10.2. The summed E-state index contributed by atoms with van der Waals surface area (Å²) in [5, 5.41) is 0. The molecular weight excluding hydrogens is 184 g/mol. The molecule has 0 spiro atoms. The average Bonchev–Trinajstić information content (AvgIpc) is 2.20. The fourth-order valence-electron chi connectivity index (χ4n) is 1.53. The largest absolute Gasteiger partial charge is 0.382 e. The van der Waals surface area contributed by atoms with Crippen LogP contribution in [0.4, 0.5) is 0 Å². The molecule has 1 heterocycles. The van der Waals surface area contributed by atoms with E-state index >= 15 is 0 Å². The molecule has 0 aromatic heterocycles. The monoisotopic (exact) mass is 204 g/mol. The summed E-state index contributed by atoms with van der Waals surface area (Å²) in [4.78, 5) is 0. The van der Waals surface area contributed by atoms with Crippen molar-refractivity contribution < 1.29 is 18.9 Å². The van der Waals surface area contributed by atoms with Gasteiger partial charge in [-0.25, -0.2) is 0 Å². The maximum Gasteiger partial charge on any atom is 0.158 e. The third-order valence-electron chi connectivity index (χ3n) is 2.19. The van der Waals surface area contributed by atoms with E-state index in [2.05, 4.69) is 0 Å². The third-order valence-corrected chi connectivity index (χ3v) is 2.19. The molecule has 0 amide bonds. The molecule has 1 fully saturated rings. The lowest BCUT2D eigenvalue weighted by molar-refractivity contribution is -0.204. The van der Waals surface area contributed by atoms with E-state index in [4.69, 9.17) is 18.9 Å². The first-order valence-corrected chi connectivity index (χ1v) is 5.11. The highest BCUT2D eigenvalue weighted by molar-refractivity contribution is 4.60. The fourth-order valence-corrected chi connectivity index (χ4v) is 1.53. The van der Waals surface area contributed by atoms with Gasteiger partial charge in [-0.3, -0.25) is 0 Å². The summed E-state index contributed by atoms with van der Waals surface area (Å²) in [6.45, 7) is 1.90. The van der Waals surface area contributed by atoms with Crippen LogP contribution in [0.5, 0.6) is 0 Å². The smallest absolute Gasteiger partial charge is 0.158 e. The Kier molecular flexibility index (Phi) is 6.10. The van der Waals surface area contributed by atoms with Gasteiger partial charge in [0.15, 0.2) is 6.29 Å². The van der Waals surface area contributed by atoms with E-state index in [-0.39, 0.29) is 12.4 Å². The first-order valence-electron chi connectivity index (χ1n) is 5.11. The number of rotatable bonds is 6. The van der Waals surface area contributed by atoms with E-state index in [0.717, 1.165) is 19.4 Å². The first-order chi connectivity index (χ1) is 6.86. The summed E-state index contributed by atoms with van der Waals surface area (Å²) in [6.07, 6.45) is 3.20. The second kappa shape index (κ2) is 7.17. The van der Waals surface area contributed by atoms with Crippen molar-refractivity contribution in [3.05, 3.63) is 0 Å². The van der Waals surface area contributed by atoms with Crippen LogP contribution in [0.2, 0.25) is 0 Å². The topological polar surface area (TPSA) is 36.9 Å². The Morgan fingerprint density at radius 1 is 1.21 bits per heavy atom. The van der Waals surface area contributed by atoms with Crippen molar-refractivity contribution >= 4 is 0 Å². The Morgan fingerprint density at radius 3 is 2.43 bits per heavy atom. The minimum absolute atomic E-state index is 0.0203. The summed E-state index contributed by atoms with van der Waals surface area (Å²) in [5.41, 5.74) is 0. The van der Waals surface area contributed by atoms with Crippen LogP contribution in [-0.2, 0) is 18.9 Å². The van der Waals surface area contributed by atoms with Gasteiger partial charge in [-0.2, -0.15) is 0 Å². The Bertz CT molecular complexity index is 128. The zero-order chi connectivity index (χ0) is 10.2. The standard InChI is InChI=1S/C10H20O4/c1-11-7-9(8-12-2)14-10-5-3-4-6-13-10/h9-10H,3-8H2,1-2H3. The Morgan fingerprint density at radius 2 is 1.93 bits per heavy atom. The van der Waals surface area contributed by atoms with Crippen LogP contribution in [0.1, 0.15) is 19.3 Å². The quantitative estimate of drug-likeness (QED) is 0.651. The molecule has 14 heavy (non-hydrogen) atoms. The first kappa shape index (κ1) is 11.9. The summed E-state index contributed by atoms with van der Waals surface area (Å²) >= 11 is 0. The molecule has 4 heteroatoms. The zero-order valence-corrected chi connectivity index (χ0v) is 9.03. The molecule has 0 aromatic rings. The molecule has 0 saturated carbocycles. The van der Waals surface area contributed by atoms with Crippen molar-refractivity contribution in [2.45, 2.75) is 31.7 Å². The molecule has 1 atom stereocenters. The number of ether oxygens (including phenoxy) is 4. The second-order valence-corrected chi connectivity index (χ2v) is 3.46. The van der Waals surface area contributed by atoms with Gasteiger partial charge in [0.25, 0.3) is 0 Å². The van der Waals surface area contributed by atoms with Crippen LogP contribution in [0, 0.1) is 0 Å². The fraction of sp³-hybridized carbons (Fsp3) is 1.00. The van der Waals surface area contributed by atoms with Crippen LogP contribution in [0.25, 0.3) is 0 Å². The van der Waals surface area contributed by atoms with Crippen molar-refractivity contribution in [2.75, 3.05) is 34.0 Å². The van der Waals surface area contributed by atoms with Gasteiger partial charge in [-0.15, -0.1) is 0 Å². The van der Waals surface area contributed by atoms with Gasteiger partial charge in [0.05, 0.1) is 13.2 Å². The van der Waals surface area contributed by atoms with Gasteiger partial charge in [0.1, 0.15) is 6.10 Å². The number of hydrogen-bond acceptors (Lipinski definition) is 4. The van der Waals surface area contributed by atoms with E-state index in [0.29, 0.717) is 13.2 Å². The number of methoxy groups -OCH3 is 2. The molecule has 1 aliphatic heterocycles. The summed E-state index contributed by atoms with van der Waals surface area (Å²) in [6, 6.07) is 0. The van der Waals surface area contributed by atoms with Crippen molar-refractivity contribution in [3.8, 4) is 0 Å². The lowest BCUT2D eigenvalue weighted by Gasteiger charge is -2.27. The van der Waals surface area contributed by atoms with Crippen molar-refractivity contribution in [1.29, 1.82) is 0 Å². The van der Waals surface area contributed by atoms with Gasteiger partial charge in [-0.05, 0) is 19.3 Å². The van der Waals surface area contributed by atoms with Crippen LogP contribution in [0.3, 0.4) is 0 Å². The van der Waals surface area contributed by atoms with Gasteiger partial charge >= 0.3 is 0 Å². The zero-order valence-electron chi connectivity index (χ0n) is 9.03. The normalized spacial score (nSPS) is 22.9. The van der Waals surface area contributed by atoms with Crippen LogP contribution in [0.15, 0.2) is 0 Å². The third kappa shape index (κ3) is 4.37. The van der Waals surface area contributed by atoms with Gasteiger partial charge in [0.2, 0.25) is 0 Å². The molecule has 0 aromatic carbocycles. The molecule has 0 N–H and O–H groups in total. The molecular formula is C10H20O4. The number of hydrogen-bond donors (Lipinski definition) is 0. The minimum atomic E-state index is -0.0703. The summed E-state index contributed by atoms with van der Waals surface area (Å²) < 4.78 is 21.2. The Balaban J connectivity index is 2.21. The molecule has 4 nitrogen and oxygen atoms in total. The summed E-state index contributed by atoms with van der Waals surface area (Å²) in [7, 11) is 3.32. The van der Waals surface area contributed by atoms with E-state index in [1.165, 1.54) is 6.42 Å². The van der Waals surface area contributed by atoms with Crippen LogP contribution < -0.4 is 0 Å². The van der Waals surface area contributed by atoms with E-state index < -0.39 is 0 Å². The van der Waals surface area contributed by atoms with Crippen molar-refractivity contribution in [2.24, 2.45) is 0 Å². The van der Waals surface area contributed by atoms with E-state index in [9.17, 15) is 0 Å².